The SMILES string of the molecule is CC(C)c1ccc(C(=O)N(Cc2ccco2)c2c(N)n(Cc3ccccc3)c(=O)[nH]c2=O)cc1. The molecule has 3 N–H and O–H groups in total. The van der Waals surface area contributed by atoms with Crippen molar-refractivity contribution in [2.45, 2.75) is 32.9 Å². The highest BCUT2D eigenvalue weighted by atomic mass is 16.3. The number of rotatable bonds is 7. The van der Waals surface area contributed by atoms with Crippen molar-refractivity contribution < 1.29 is 9.21 Å². The number of amides is 1. The lowest BCUT2D eigenvalue weighted by molar-refractivity contribution is 0.0983. The Morgan fingerprint density at radius 3 is 2.35 bits per heavy atom. The van der Waals surface area contributed by atoms with Crippen LogP contribution in [0, 0.1) is 0 Å². The normalized spacial score (nSPS) is 11.0. The number of benzene rings is 2. The molecular formula is C26H26N4O4. The van der Waals surface area contributed by atoms with E-state index in [2.05, 4.69) is 18.8 Å². The van der Waals surface area contributed by atoms with Gasteiger partial charge in [-0.3, -0.25) is 24.0 Å². The van der Waals surface area contributed by atoms with Crippen LogP contribution in [0.2, 0.25) is 0 Å². The Hall–Kier alpha value is -4.33. The highest BCUT2D eigenvalue weighted by Gasteiger charge is 2.26. The van der Waals surface area contributed by atoms with Crippen LogP contribution in [-0.4, -0.2) is 15.5 Å². The number of anilines is 2. The smallest absolute Gasteiger partial charge is 0.330 e. The van der Waals surface area contributed by atoms with Crippen molar-refractivity contribution in [2.24, 2.45) is 0 Å². The fourth-order valence-corrected chi connectivity index (χ4v) is 3.74. The summed E-state index contributed by atoms with van der Waals surface area (Å²) in [6, 6.07) is 19.8. The van der Waals surface area contributed by atoms with E-state index < -0.39 is 17.2 Å². The minimum absolute atomic E-state index is 0.0331. The first kappa shape index (κ1) is 22.8. The summed E-state index contributed by atoms with van der Waals surface area (Å²) in [5.41, 5.74) is 7.15. The van der Waals surface area contributed by atoms with Crippen molar-refractivity contribution in [2.75, 3.05) is 10.6 Å². The van der Waals surface area contributed by atoms with E-state index in [1.807, 2.05) is 42.5 Å². The average Bonchev–Trinajstić information content (AvgIpc) is 3.34. The van der Waals surface area contributed by atoms with E-state index >= 15 is 0 Å². The van der Waals surface area contributed by atoms with Crippen LogP contribution in [-0.2, 0) is 13.1 Å². The summed E-state index contributed by atoms with van der Waals surface area (Å²) in [6.45, 7) is 4.24. The van der Waals surface area contributed by atoms with Crippen molar-refractivity contribution in [1.82, 2.24) is 9.55 Å². The van der Waals surface area contributed by atoms with Crippen molar-refractivity contribution in [3.8, 4) is 0 Å². The highest BCUT2D eigenvalue weighted by Crippen LogP contribution is 2.24. The van der Waals surface area contributed by atoms with Gasteiger partial charge in [-0.15, -0.1) is 0 Å². The number of nitrogens with one attached hydrogen (secondary N) is 1. The van der Waals surface area contributed by atoms with E-state index in [1.54, 1.807) is 24.3 Å². The van der Waals surface area contributed by atoms with Gasteiger partial charge in [-0.25, -0.2) is 4.79 Å². The average molecular weight is 459 g/mol. The molecule has 8 nitrogen and oxygen atoms in total. The van der Waals surface area contributed by atoms with E-state index in [0.29, 0.717) is 17.2 Å². The molecule has 8 heteroatoms. The van der Waals surface area contributed by atoms with Crippen molar-refractivity contribution >= 4 is 17.4 Å². The Labute approximate surface area is 196 Å². The Bertz CT molecular complexity index is 1390. The molecule has 0 aliphatic carbocycles. The number of H-pyrrole nitrogens is 1. The predicted octanol–water partition coefficient (Wildman–Crippen LogP) is 3.73. The fraction of sp³-hybridized carbons (Fsp3) is 0.192. The topological polar surface area (TPSA) is 114 Å². The van der Waals surface area contributed by atoms with Crippen LogP contribution in [0.25, 0.3) is 0 Å². The van der Waals surface area contributed by atoms with Gasteiger partial charge in [0.15, 0.2) is 5.69 Å². The largest absolute Gasteiger partial charge is 0.467 e. The Kier molecular flexibility index (Phi) is 6.49. The molecular weight excluding hydrogens is 432 g/mol. The molecule has 0 saturated heterocycles. The first-order chi connectivity index (χ1) is 16.3. The van der Waals surface area contributed by atoms with E-state index in [0.717, 1.165) is 11.1 Å². The van der Waals surface area contributed by atoms with Gasteiger partial charge in [-0.1, -0.05) is 56.3 Å². The Morgan fingerprint density at radius 2 is 1.74 bits per heavy atom. The zero-order valence-electron chi connectivity index (χ0n) is 19.0. The van der Waals surface area contributed by atoms with Gasteiger partial charge < -0.3 is 10.2 Å². The first-order valence-corrected chi connectivity index (χ1v) is 11.0. The zero-order chi connectivity index (χ0) is 24.2. The molecule has 1 amide bonds. The van der Waals surface area contributed by atoms with Crippen molar-refractivity contribution in [1.29, 1.82) is 0 Å². The van der Waals surface area contributed by atoms with Crippen LogP contribution in [0.15, 0.2) is 87.0 Å². The number of aromatic nitrogens is 2. The van der Waals surface area contributed by atoms with Gasteiger partial charge in [0.05, 0.1) is 19.4 Å². The zero-order valence-corrected chi connectivity index (χ0v) is 19.0. The summed E-state index contributed by atoms with van der Waals surface area (Å²) in [4.78, 5) is 42.7. The molecule has 0 aliphatic rings. The third-order valence-electron chi connectivity index (χ3n) is 5.63. The molecule has 0 radical (unpaired) electrons. The van der Waals surface area contributed by atoms with E-state index in [1.165, 1.54) is 15.7 Å². The minimum atomic E-state index is -0.745. The summed E-state index contributed by atoms with van der Waals surface area (Å²) in [6.07, 6.45) is 1.49. The van der Waals surface area contributed by atoms with Crippen molar-refractivity contribution in [3.05, 3.63) is 116 Å². The number of aromatic amines is 1. The number of carbonyl (C=O) groups excluding carboxylic acids is 1. The number of hydrogen-bond donors (Lipinski definition) is 2. The third-order valence-corrected chi connectivity index (χ3v) is 5.63. The molecule has 2 aromatic heterocycles. The molecule has 0 aliphatic heterocycles. The first-order valence-electron chi connectivity index (χ1n) is 11.0. The second-order valence-electron chi connectivity index (χ2n) is 8.31. The van der Waals surface area contributed by atoms with Crippen LogP contribution < -0.4 is 21.9 Å². The van der Waals surface area contributed by atoms with Gasteiger partial charge in [0.25, 0.3) is 11.5 Å². The molecule has 0 unspecified atom stereocenters. The molecule has 0 saturated carbocycles. The summed E-state index contributed by atoms with van der Waals surface area (Å²) < 4.78 is 6.68. The van der Waals surface area contributed by atoms with Gasteiger partial charge in [-0.2, -0.15) is 0 Å². The Morgan fingerprint density at radius 1 is 1.03 bits per heavy atom. The maximum Gasteiger partial charge on any atom is 0.330 e. The van der Waals surface area contributed by atoms with Crippen LogP contribution >= 0.6 is 0 Å². The molecule has 0 spiro atoms. The summed E-state index contributed by atoms with van der Waals surface area (Å²) in [7, 11) is 0. The number of nitrogen functional groups attached to an aromatic ring is 1. The van der Waals surface area contributed by atoms with Gasteiger partial charge in [0, 0.05) is 5.56 Å². The van der Waals surface area contributed by atoms with Gasteiger partial charge in [0.1, 0.15) is 11.6 Å². The predicted molar refractivity (Wildman–Crippen MR) is 131 cm³/mol. The number of furan rings is 1. The van der Waals surface area contributed by atoms with Crippen LogP contribution in [0.4, 0.5) is 11.5 Å². The molecule has 174 valence electrons. The molecule has 0 bridgehead atoms. The van der Waals surface area contributed by atoms with E-state index in [4.69, 9.17) is 10.2 Å². The van der Waals surface area contributed by atoms with E-state index in [9.17, 15) is 14.4 Å². The minimum Gasteiger partial charge on any atom is -0.467 e. The number of carbonyl (C=O) groups is 1. The second-order valence-corrected chi connectivity index (χ2v) is 8.31. The summed E-state index contributed by atoms with van der Waals surface area (Å²) in [5, 5.41) is 0. The lowest BCUT2D eigenvalue weighted by Gasteiger charge is -2.24. The lowest BCUT2D eigenvalue weighted by Crippen LogP contribution is -2.41. The molecule has 2 heterocycles. The maximum absolute atomic E-state index is 13.6. The number of hydrogen-bond acceptors (Lipinski definition) is 5. The van der Waals surface area contributed by atoms with Gasteiger partial charge in [-0.05, 0) is 41.3 Å². The summed E-state index contributed by atoms with van der Waals surface area (Å²) in [5.74, 6) is 0.236. The molecule has 0 fully saturated rings. The number of nitrogens with two attached hydrogens (primary N) is 1. The van der Waals surface area contributed by atoms with E-state index in [-0.39, 0.29) is 24.6 Å². The van der Waals surface area contributed by atoms with Crippen LogP contribution in [0.3, 0.4) is 0 Å². The molecule has 0 atom stereocenters. The molecule has 4 rings (SSSR count). The monoisotopic (exact) mass is 458 g/mol. The molecule has 34 heavy (non-hydrogen) atoms. The summed E-state index contributed by atoms with van der Waals surface area (Å²) >= 11 is 0. The van der Waals surface area contributed by atoms with Crippen molar-refractivity contribution in [3.63, 3.8) is 0 Å². The maximum atomic E-state index is 13.6. The highest BCUT2D eigenvalue weighted by molar-refractivity contribution is 6.07. The fourth-order valence-electron chi connectivity index (χ4n) is 3.74. The van der Waals surface area contributed by atoms with Gasteiger partial charge in [0.2, 0.25) is 0 Å². The second kappa shape index (κ2) is 9.66. The Balaban J connectivity index is 1.81. The van der Waals surface area contributed by atoms with Gasteiger partial charge >= 0.3 is 5.69 Å². The standard InChI is InChI=1S/C26H26N4O4/c1-17(2)19-10-12-20(13-11-19)25(32)29(16-21-9-6-14-34-21)22-23(27)30(26(33)28-24(22)31)15-18-7-4-3-5-8-18/h3-14,17H,15-16,27H2,1-2H3,(H,28,31,33). The third kappa shape index (κ3) is 4.71. The lowest BCUT2D eigenvalue weighted by atomic mass is 10.0. The van der Waals surface area contributed by atoms with Crippen LogP contribution in [0.1, 0.15) is 47.0 Å². The van der Waals surface area contributed by atoms with Crippen LogP contribution in [0.5, 0.6) is 0 Å². The quantitative estimate of drug-likeness (QED) is 0.438. The molecule has 4 aromatic rings. The number of nitrogens with zero attached hydrogens (tertiary/aromatic N) is 2. The molecule has 2 aromatic carbocycles.